The summed E-state index contributed by atoms with van der Waals surface area (Å²) in [6, 6.07) is 13.0. The number of benzene rings is 2. The van der Waals surface area contributed by atoms with E-state index in [1.165, 1.54) is 24.3 Å². The lowest BCUT2D eigenvalue weighted by Crippen LogP contribution is -2.40. The van der Waals surface area contributed by atoms with Crippen molar-refractivity contribution >= 4 is 27.5 Å². The van der Waals surface area contributed by atoms with Crippen LogP contribution in [0, 0.1) is 0 Å². The molecule has 0 bridgehead atoms. The molecule has 0 fully saturated rings. The Kier molecular flexibility index (Phi) is 5.87. The Morgan fingerprint density at radius 2 is 1.56 bits per heavy atom. The van der Waals surface area contributed by atoms with Crippen molar-refractivity contribution in [3.63, 3.8) is 0 Å². The van der Waals surface area contributed by atoms with E-state index in [-0.39, 0.29) is 10.8 Å². The topological polar surface area (TPSA) is 75.3 Å². The van der Waals surface area contributed by atoms with E-state index in [4.69, 9.17) is 11.6 Å². The highest BCUT2D eigenvalue weighted by Crippen LogP contribution is 2.14. The highest BCUT2D eigenvalue weighted by molar-refractivity contribution is 7.89. The summed E-state index contributed by atoms with van der Waals surface area (Å²) in [6.07, 6.45) is 0. The third-order valence-electron chi connectivity index (χ3n) is 3.23. The maximum atomic E-state index is 12.2. The van der Waals surface area contributed by atoms with Crippen LogP contribution in [0.3, 0.4) is 0 Å². The van der Waals surface area contributed by atoms with Gasteiger partial charge in [0.15, 0.2) is 0 Å². The van der Waals surface area contributed by atoms with Crippen molar-refractivity contribution in [1.82, 2.24) is 10.0 Å². The number of hydrogen-bond donors (Lipinski definition) is 2. The molecule has 0 aliphatic heterocycles. The number of nitrogens with one attached hydrogen (secondary N) is 2. The average Bonchev–Trinajstić information content (AvgIpc) is 2.52. The van der Waals surface area contributed by atoms with Gasteiger partial charge in [0.25, 0.3) is 5.91 Å². The fourth-order valence-electron chi connectivity index (χ4n) is 2.13. The van der Waals surface area contributed by atoms with E-state index in [2.05, 4.69) is 10.0 Å². The smallest absolute Gasteiger partial charge is 0.251 e. The average molecular weight is 381 g/mol. The lowest BCUT2D eigenvalue weighted by atomic mass is 10.1. The van der Waals surface area contributed by atoms with Gasteiger partial charge < -0.3 is 5.32 Å². The van der Waals surface area contributed by atoms with Crippen molar-refractivity contribution in [1.29, 1.82) is 0 Å². The number of carbonyl (C=O) groups is 1. The monoisotopic (exact) mass is 380 g/mol. The number of sulfonamides is 1. The van der Waals surface area contributed by atoms with Crippen molar-refractivity contribution in [2.75, 3.05) is 0 Å². The molecule has 5 nitrogen and oxygen atoms in total. The van der Waals surface area contributed by atoms with Crippen LogP contribution in [0.2, 0.25) is 5.02 Å². The Balaban J connectivity index is 2.03. The molecular weight excluding hydrogens is 360 g/mol. The van der Waals surface area contributed by atoms with Crippen LogP contribution in [0.15, 0.2) is 53.4 Å². The first-order valence-corrected chi connectivity index (χ1v) is 9.60. The number of hydrogen-bond acceptors (Lipinski definition) is 3. The number of rotatable bonds is 5. The molecule has 25 heavy (non-hydrogen) atoms. The summed E-state index contributed by atoms with van der Waals surface area (Å²) in [5.74, 6) is -0.275. The summed E-state index contributed by atoms with van der Waals surface area (Å²) in [5, 5.41) is 3.42. The van der Waals surface area contributed by atoms with Crippen molar-refractivity contribution in [2.24, 2.45) is 0 Å². The molecule has 0 saturated heterocycles. The quantitative estimate of drug-likeness (QED) is 0.835. The van der Waals surface area contributed by atoms with E-state index in [1.807, 2.05) is 12.1 Å². The van der Waals surface area contributed by atoms with Crippen LogP contribution in [0.1, 0.15) is 36.7 Å². The molecule has 1 amide bonds. The first kappa shape index (κ1) is 19.4. The molecule has 0 atom stereocenters. The van der Waals surface area contributed by atoms with Gasteiger partial charge in [-0.3, -0.25) is 4.79 Å². The molecule has 0 heterocycles. The summed E-state index contributed by atoms with van der Waals surface area (Å²) >= 11 is 5.82. The fourth-order valence-corrected chi connectivity index (χ4v) is 3.68. The number of amides is 1. The second kappa shape index (κ2) is 7.56. The van der Waals surface area contributed by atoms with E-state index < -0.39 is 15.6 Å². The zero-order valence-corrected chi connectivity index (χ0v) is 15.9. The predicted octanol–water partition coefficient (Wildman–Crippen LogP) is 3.35. The van der Waals surface area contributed by atoms with Gasteiger partial charge in [-0.15, -0.1) is 0 Å². The van der Waals surface area contributed by atoms with Gasteiger partial charge in [-0.05, 0) is 62.7 Å². The van der Waals surface area contributed by atoms with E-state index in [1.54, 1.807) is 32.9 Å². The third-order valence-corrected chi connectivity index (χ3v) is 5.26. The Bertz CT molecular complexity index is 839. The Labute approximate surface area is 153 Å². The fraction of sp³-hybridized carbons (Fsp3) is 0.278. The van der Waals surface area contributed by atoms with Gasteiger partial charge in [0.2, 0.25) is 10.0 Å². The van der Waals surface area contributed by atoms with E-state index in [9.17, 15) is 13.2 Å². The Hall–Kier alpha value is -1.89. The molecule has 134 valence electrons. The highest BCUT2D eigenvalue weighted by Gasteiger charge is 2.22. The molecule has 0 aromatic heterocycles. The minimum Gasteiger partial charge on any atom is -0.348 e. The van der Waals surface area contributed by atoms with Crippen LogP contribution in [-0.2, 0) is 16.6 Å². The lowest BCUT2D eigenvalue weighted by Gasteiger charge is -2.20. The zero-order chi connectivity index (χ0) is 18.7. The highest BCUT2D eigenvalue weighted by atomic mass is 35.5. The van der Waals surface area contributed by atoms with Gasteiger partial charge in [0, 0.05) is 22.7 Å². The molecule has 2 rings (SSSR count). The summed E-state index contributed by atoms with van der Waals surface area (Å²) < 4.78 is 27.1. The number of halogens is 1. The SMILES string of the molecule is CC(C)(C)NS(=O)(=O)c1ccc(C(=O)NCc2ccc(Cl)cc2)cc1. The summed E-state index contributed by atoms with van der Waals surface area (Å²) in [5.41, 5.74) is 0.739. The van der Waals surface area contributed by atoms with Crippen LogP contribution in [0.25, 0.3) is 0 Å². The summed E-state index contributed by atoms with van der Waals surface area (Å²) in [7, 11) is -3.61. The molecular formula is C18H21ClN2O3S. The van der Waals surface area contributed by atoms with Crippen LogP contribution in [0.5, 0.6) is 0 Å². The van der Waals surface area contributed by atoms with Crippen molar-refractivity contribution < 1.29 is 13.2 Å². The van der Waals surface area contributed by atoms with E-state index in [0.29, 0.717) is 17.1 Å². The lowest BCUT2D eigenvalue weighted by molar-refractivity contribution is 0.0951. The van der Waals surface area contributed by atoms with Crippen molar-refractivity contribution in [3.05, 3.63) is 64.7 Å². The van der Waals surface area contributed by atoms with E-state index >= 15 is 0 Å². The maximum Gasteiger partial charge on any atom is 0.251 e. The van der Waals surface area contributed by atoms with Gasteiger partial charge in [0.05, 0.1) is 4.90 Å². The van der Waals surface area contributed by atoms with Gasteiger partial charge in [-0.2, -0.15) is 0 Å². The Morgan fingerprint density at radius 1 is 1.00 bits per heavy atom. The molecule has 2 N–H and O–H groups in total. The predicted molar refractivity (Wildman–Crippen MR) is 99.1 cm³/mol. The maximum absolute atomic E-state index is 12.2. The summed E-state index contributed by atoms with van der Waals surface area (Å²) in [6.45, 7) is 5.66. The standard InChI is InChI=1S/C18H21ClN2O3S/c1-18(2,3)21-25(23,24)16-10-6-14(7-11-16)17(22)20-12-13-4-8-15(19)9-5-13/h4-11,21H,12H2,1-3H3,(H,20,22). The third kappa shape index (κ3) is 5.85. The molecule has 0 aliphatic rings. The van der Waals surface area contributed by atoms with Crippen LogP contribution < -0.4 is 10.0 Å². The van der Waals surface area contributed by atoms with Crippen molar-refractivity contribution in [2.45, 2.75) is 37.8 Å². The minimum atomic E-state index is -3.61. The minimum absolute atomic E-state index is 0.122. The first-order chi connectivity index (χ1) is 11.6. The number of carbonyl (C=O) groups excluding carboxylic acids is 1. The molecule has 0 aliphatic carbocycles. The van der Waals surface area contributed by atoms with Gasteiger partial charge >= 0.3 is 0 Å². The molecule has 0 unspecified atom stereocenters. The van der Waals surface area contributed by atoms with E-state index in [0.717, 1.165) is 5.56 Å². The summed E-state index contributed by atoms with van der Waals surface area (Å²) in [4.78, 5) is 12.3. The molecule has 2 aromatic rings. The molecule has 2 aromatic carbocycles. The molecule has 0 spiro atoms. The largest absolute Gasteiger partial charge is 0.348 e. The van der Waals surface area contributed by atoms with Gasteiger partial charge in [-0.1, -0.05) is 23.7 Å². The molecule has 7 heteroatoms. The van der Waals surface area contributed by atoms with Crippen molar-refractivity contribution in [3.8, 4) is 0 Å². The second-order valence-corrected chi connectivity index (χ2v) is 8.81. The van der Waals surface area contributed by atoms with Crippen LogP contribution in [0.4, 0.5) is 0 Å². The first-order valence-electron chi connectivity index (χ1n) is 7.73. The zero-order valence-electron chi connectivity index (χ0n) is 14.3. The normalized spacial score (nSPS) is 12.0. The van der Waals surface area contributed by atoms with Crippen LogP contribution in [-0.4, -0.2) is 19.9 Å². The van der Waals surface area contributed by atoms with Gasteiger partial charge in [0.1, 0.15) is 0 Å². The molecule has 0 saturated carbocycles. The second-order valence-electron chi connectivity index (χ2n) is 6.69. The van der Waals surface area contributed by atoms with Crippen LogP contribution >= 0.6 is 11.6 Å². The molecule has 0 radical (unpaired) electrons. The van der Waals surface area contributed by atoms with Gasteiger partial charge in [-0.25, -0.2) is 13.1 Å². The Morgan fingerprint density at radius 3 is 2.08 bits per heavy atom.